The molecule has 11 heteroatoms. The average molecular weight is 591 g/mol. The van der Waals surface area contributed by atoms with Gasteiger partial charge in [-0.3, -0.25) is 4.79 Å². The van der Waals surface area contributed by atoms with Crippen LogP contribution in [0.25, 0.3) is 16.6 Å². The first-order valence-electron chi connectivity index (χ1n) is 13.1. The van der Waals surface area contributed by atoms with Crippen LogP contribution in [0.1, 0.15) is 23.0 Å². The van der Waals surface area contributed by atoms with Gasteiger partial charge in [-0.15, -0.1) is 13.2 Å². The molecule has 0 bridgehead atoms. The number of rotatable bonds is 10. The molecule has 0 saturated carbocycles. The summed E-state index contributed by atoms with van der Waals surface area (Å²) in [5, 5.41) is 20.1. The van der Waals surface area contributed by atoms with Crippen LogP contribution in [0.3, 0.4) is 0 Å². The van der Waals surface area contributed by atoms with E-state index >= 15 is 0 Å². The number of aromatic carboxylic acids is 1. The standard InChI is InChI=1S/C32H25F3N2O6/c1-2-36(20-6-4-3-5-7-20)21-8-10-22(11-9-21)37-27-17-16-25(18-26(27)30(31(40)41)28(37)19-29(38)39)42-23-12-14-24(15-13-23)43-32(33,34)35/h3-18H,2,19H2,1H3,(H,38,39)(H,40,41). The fraction of sp³-hybridized carbons (Fsp3) is 0.125. The van der Waals surface area contributed by atoms with Crippen LogP contribution < -0.4 is 14.4 Å². The molecule has 0 unspecified atom stereocenters. The van der Waals surface area contributed by atoms with Gasteiger partial charge in [0.1, 0.15) is 17.2 Å². The molecule has 0 fully saturated rings. The Labute approximate surface area is 243 Å². The minimum Gasteiger partial charge on any atom is -0.481 e. The van der Waals surface area contributed by atoms with Crippen LogP contribution in [0.15, 0.2) is 97.1 Å². The van der Waals surface area contributed by atoms with Crippen molar-refractivity contribution in [3.05, 3.63) is 108 Å². The van der Waals surface area contributed by atoms with Gasteiger partial charge in [0.25, 0.3) is 0 Å². The van der Waals surface area contributed by atoms with Gasteiger partial charge in [-0.2, -0.15) is 0 Å². The summed E-state index contributed by atoms with van der Waals surface area (Å²) in [7, 11) is 0. The lowest BCUT2D eigenvalue weighted by atomic mass is 10.1. The van der Waals surface area contributed by atoms with Gasteiger partial charge >= 0.3 is 18.3 Å². The fourth-order valence-corrected chi connectivity index (χ4v) is 4.98. The summed E-state index contributed by atoms with van der Waals surface area (Å²) in [6, 6.07) is 26.5. The molecule has 0 atom stereocenters. The summed E-state index contributed by atoms with van der Waals surface area (Å²) in [6.07, 6.45) is -5.39. The number of ether oxygens (including phenoxy) is 2. The number of aliphatic carboxylic acids is 1. The highest BCUT2D eigenvalue weighted by Gasteiger charge is 2.31. The van der Waals surface area contributed by atoms with Gasteiger partial charge in [-0.05, 0) is 85.8 Å². The second-order valence-corrected chi connectivity index (χ2v) is 9.43. The number of carbonyl (C=O) groups is 2. The third-order valence-electron chi connectivity index (χ3n) is 6.67. The van der Waals surface area contributed by atoms with Crippen LogP contribution in [-0.4, -0.2) is 39.6 Å². The predicted molar refractivity (Wildman–Crippen MR) is 154 cm³/mol. The molecule has 4 aromatic carbocycles. The minimum atomic E-state index is -4.83. The van der Waals surface area contributed by atoms with E-state index in [4.69, 9.17) is 4.74 Å². The van der Waals surface area contributed by atoms with E-state index in [0.29, 0.717) is 17.7 Å². The fourth-order valence-electron chi connectivity index (χ4n) is 4.98. The van der Waals surface area contributed by atoms with Crippen LogP contribution in [0.4, 0.5) is 24.5 Å². The molecule has 0 amide bonds. The first-order valence-corrected chi connectivity index (χ1v) is 13.1. The Bertz CT molecular complexity index is 1770. The number of alkyl halides is 3. The molecule has 0 saturated heterocycles. The Balaban J connectivity index is 1.55. The molecule has 2 N–H and O–H groups in total. The molecular weight excluding hydrogens is 565 g/mol. The van der Waals surface area contributed by atoms with Crippen molar-refractivity contribution in [1.82, 2.24) is 4.57 Å². The van der Waals surface area contributed by atoms with E-state index in [0.717, 1.165) is 23.5 Å². The van der Waals surface area contributed by atoms with Gasteiger partial charge in [-0.25, -0.2) is 4.79 Å². The summed E-state index contributed by atoms with van der Waals surface area (Å²) in [6.45, 7) is 2.72. The number of anilines is 2. The smallest absolute Gasteiger partial charge is 0.481 e. The molecule has 0 aliphatic rings. The van der Waals surface area contributed by atoms with E-state index in [1.165, 1.54) is 18.2 Å². The Kier molecular flexibility index (Phi) is 7.98. The number of nitrogens with zero attached hydrogens (tertiary/aromatic N) is 2. The zero-order valence-corrected chi connectivity index (χ0v) is 22.7. The van der Waals surface area contributed by atoms with Gasteiger partial charge in [0.05, 0.1) is 17.5 Å². The highest BCUT2D eigenvalue weighted by atomic mass is 19.4. The molecule has 5 aromatic rings. The first-order chi connectivity index (χ1) is 20.5. The van der Waals surface area contributed by atoms with E-state index in [1.807, 2.05) is 49.4 Å². The number of hydrogen-bond acceptors (Lipinski definition) is 5. The number of carboxylic acid groups (broad SMARTS) is 2. The van der Waals surface area contributed by atoms with E-state index in [1.54, 1.807) is 28.8 Å². The zero-order valence-electron chi connectivity index (χ0n) is 22.7. The Morgan fingerprint density at radius 1 is 0.814 bits per heavy atom. The van der Waals surface area contributed by atoms with Crippen molar-refractivity contribution in [2.45, 2.75) is 19.7 Å². The first kappa shape index (κ1) is 29.1. The number of para-hydroxylation sites is 1. The molecule has 0 aliphatic carbocycles. The Morgan fingerprint density at radius 3 is 2.00 bits per heavy atom. The molecule has 5 rings (SSSR count). The Morgan fingerprint density at radius 2 is 1.42 bits per heavy atom. The highest BCUT2D eigenvalue weighted by molar-refractivity contribution is 6.07. The number of carboxylic acids is 2. The van der Waals surface area contributed by atoms with E-state index in [9.17, 15) is 33.0 Å². The lowest BCUT2D eigenvalue weighted by Crippen LogP contribution is -2.16. The summed E-state index contributed by atoms with van der Waals surface area (Å²) in [4.78, 5) is 26.4. The molecule has 220 valence electrons. The number of benzene rings is 4. The summed E-state index contributed by atoms with van der Waals surface area (Å²) < 4.78 is 48.7. The van der Waals surface area contributed by atoms with Gasteiger partial charge in [0, 0.05) is 34.7 Å². The van der Waals surface area contributed by atoms with Crippen LogP contribution in [0.2, 0.25) is 0 Å². The van der Waals surface area contributed by atoms with Crippen molar-refractivity contribution in [2.75, 3.05) is 11.4 Å². The average Bonchev–Trinajstić information content (AvgIpc) is 3.27. The largest absolute Gasteiger partial charge is 0.573 e. The number of halogens is 3. The molecule has 1 aromatic heterocycles. The molecule has 0 radical (unpaired) electrons. The van der Waals surface area contributed by atoms with Crippen molar-refractivity contribution < 1.29 is 42.4 Å². The summed E-state index contributed by atoms with van der Waals surface area (Å²) >= 11 is 0. The monoisotopic (exact) mass is 590 g/mol. The van der Waals surface area contributed by atoms with Crippen molar-refractivity contribution in [3.63, 3.8) is 0 Å². The highest BCUT2D eigenvalue weighted by Crippen LogP contribution is 2.36. The van der Waals surface area contributed by atoms with Gasteiger partial charge in [0.15, 0.2) is 0 Å². The zero-order chi connectivity index (χ0) is 30.7. The topological polar surface area (TPSA) is 101 Å². The maximum atomic E-state index is 12.5. The molecule has 8 nitrogen and oxygen atoms in total. The van der Waals surface area contributed by atoms with E-state index < -0.39 is 30.5 Å². The molecular formula is C32H25F3N2O6. The van der Waals surface area contributed by atoms with Crippen molar-refractivity contribution in [3.8, 4) is 22.9 Å². The third kappa shape index (κ3) is 6.40. The van der Waals surface area contributed by atoms with Crippen LogP contribution in [-0.2, 0) is 11.2 Å². The van der Waals surface area contributed by atoms with Crippen LogP contribution in [0, 0.1) is 0 Å². The normalized spacial score (nSPS) is 11.3. The number of hydrogen-bond donors (Lipinski definition) is 2. The van der Waals surface area contributed by atoms with Crippen LogP contribution in [0.5, 0.6) is 17.2 Å². The SMILES string of the molecule is CCN(c1ccccc1)c1ccc(-n2c(CC(=O)O)c(C(=O)O)c3cc(Oc4ccc(OC(F)(F)F)cc4)ccc32)cc1. The van der Waals surface area contributed by atoms with Crippen molar-refractivity contribution in [2.24, 2.45) is 0 Å². The minimum absolute atomic E-state index is 0.0731. The van der Waals surface area contributed by atoms with E-state index in [-0.39, 0.29) is 28.1 Å². The maximum absolute atomic E-state index is 12.5. The lowest BCUT2D eigenvalue weighted by molar-refractivity contribution is -0.274. The quantitative estimate of drug-likeness (QED) is 0.171. The number of fused-ring (bicyclic) bond motifs is 1. The second-order valence-electron chi connectivity index (χ2n) is 9.43. The molecule has 43 heavy (non-hydrogen) atoms. The van der Waals surface area contributed by atoms with E-state index in [2.05, 4.69) is 9.64 Å². The Hall–Kier alpha value is -5.45. The lowest BCUT2D eigenvalue weighted by Gasteiger charge is -2.23. The predicted octanol–water partition coefficient (Wildman–Crippen LogP) is 7.80. The third-order valence-corrected chi connectivity index (χ3v) is 6.67. The maximum Gasteiger partial charge on any atom is 0.573 e. The van der Waals surface area contributed by atoms with Crippen LogP contribution >= 0.6 is 0 Å². The summed E-state index contributed by atoms with van der Waals surface area (Å²) in [5.74, 6) is -2.55. The molecule has 1 heterocycles. The van der Waals surface area contributed by atoms with Gasteiger partial charge < -0.3 is 29.2 Å². The molecule has 0 spiro atoms. The second kappa shape index (κ2) is 11.8. The summed E-state index contributed by atoms with van der Waals surface area (Å²) in [5.41, 5.74) is 2.78. The number of aromatic nitrogens is 1. The van der Waals surface area contributed by atoms with Crippen molar-refractivity contribution in [1.29, 1.82) is 0 Å². The van der Waals surface area contributed by atoms with Gasteiger partial charge in [0.2, 0.25) is 0 Å². The molecule has 0 aliphatic heterocycles. The van der Waals surface area contributed by atoms with Crippen molar-refractivity contribution >= 4 is 34.2 Å². The van der Waals surface area contributed by atoms with Gasteiger partial charge in [-0.1, -0.05) is 18.2 Å².